The quantitative estimate of drug-likeness (QED) is 0.389. The van der Waals surface area contributed by atoms with Crippen molar-refractivity contribution in [2.24, 2.45) is 5.41 Å². The average Bonchev–Trinajstić information content (AvgIpc) is 2.16. The van der Waals surface area contributed by atoms with Crippen molar-refractivity contribution >= 4 is 6.29 Å². The lowest BCUT2D eigenvalue weighted by molar-refractivity contribution is -0.104. The van der Waals surface area contributed by atoms with Crippen LogP contribution < -0.4 is 0 Å². The summed E-state index contributed by atoms with van der Waals surface area (Å²) in [6.07, 6.45) is 2.83. The number of carbonyl (C=O) groups is 1. The normalized spacial score (nSPS) is 10.1. The third-order valence-electron chi connectivity index (χ3n) is 1.27. The first-order valence-electron chi connectivity index (χ1n) is 5.11. The van der Waals surface area contributed by atoms with Gasteiger partial charge >= 0.3 is 0 Å². The van der Waals surface area contributed by atoms with Gasteiger partial charge in [-0.1, -0.05) is 27.4 Å². The number of aldehydes is 1. The number of carbonyl (C=O) groups excluding carboxylic acids is 1. The summed E-state index contributed by atoms with van der Waals surface area (Å²) in [7, 11) is 1.71. The Morgan fingerprint density at radius 1 is 1.27 bits per heavy atom. The summed E-state index contributed by atoms with van der Waals surface area (Å²) >= 11 is 0. The van der Waals surface area contributed by atoms with E-state index in [1.165, 1.54) is 6.08 Å². The van der Waals surface area contributed by atoms with Crippen LogP contribution in [0.2, 0.25) is 0 Å². The standard InChI is InChI=1S/C9H20O2.C3H4O/c1-9(2,3)8-11-7-5-6-10-4;1-2-3-4/h5-8H2,1-4H3;2-3H,1H2. The molecule has 0 spiro atoms. The molecule has 0 aromatic heterocycles. The number of hydrogen-bond donors (Lipinski definition) is 0. The van der Waals surface area contributed by atoms with Gasteiger partial charge in [0.05, 0.1) is 6.61 Å². The van der Waals surface area contributed by atoms with Gasteiger partial charge in [-0.25, -0.2) is 0 Å². The smallest absolute Gasteiger partial charge is 0.142 e. The highest BCUT2D eigenvalue weighted by atomic mass is 16.5. The molecule has 0 radical (unpaired) electrons. The van der Waals surface area contributed by atoms with Gasteiger partial charge in [0.25, 0.3) is 0 Å². The van der Waals surface area contributed by atoms with Crippen LogP contribution in [0.4, 0.5) is 0 Å². The molecule has 0 bridgehead atoms. The topological polar surface area (TPSA) is 35.5 Å². The summed E-state index contributed by atoms with van der Waals surface area (Å²) in [6.45, 7) is 12.1. The molecular formula is C12H24O3. The molecule has 0 aromatic rings. The summed E-state index contributed by atoms with van der Waals surface area (Å²) < 4.78 is 10.3. The van der Waals surface area contributed by atoms with Crippen LogP contribution in [-0.4, -0.2) is 33.2 Å². The maximum atomic E-state index is 9.06. The third kappa shape index (κ3) is 24.7. The number of hydrogen-bond acceptors (Lipinski definition) is 3. The predicted molar refractivity (Wildman–Crippen MR) is 63.0 cm³/mol. The first-order chi connectivity index (χ1) is 6.97. The molecule has 0 aliphatic carbocycles. The molecule has 0 aliphatic heterocycles. The molecule has 0 fully saturated rings. The zero-order valence-corrected chi connectivity index (χ0v) is 10.4. The molecule has 0 aromatic carbocycles. The Labute approximate surface area is 93.5 Å². The maximum absolute atomic E-state index is 9.06. The average molecular weight is 216 g/mol. The van der Waals surface area contributed by atoms with E-state index >= 15 is 0 Å². The van der Waals surface area contributed by atoms with Gasteiger partial charge in [-0.05, 0) is 17.9 Å². The molecule has 0 heterocycles. The second kappa shape index (κ2) is 11.4. The fourth-order valence-electron chi connectivity index (χ4n) is 0.684. The van der Waals surface area contributed by atoms with E-state index in [4.69, 9.17) is 14.3 Å². The van der Waals surface area contributed by atoms with Crippen molar-refractivity contribution in [1.82, 2.24) is 0 Å². The van der Waals surface area contributed by atoms with E-state index in [2.05, 4.69) is 27.4 Å². The zero-order valence-electron chi connectivity index (χ0n) is 10.4. The molecule has 90 valence electrons. The molecule has 3 heteroatoms. The second-order valence-corrected chi connectivity index (χ2v) is 4.33. The van der Waals surface area contributed by atoms with Gasteiger partial charge in [0.1, 0.15) is 6.29 Å². The van der Waals surface area contributed by atoms with Crippen LogP contribution in [0, 0.1) is 5.41 Å². The summed E-state index contributed by atoms with van der Waals surface area (Å²) in [5, 5.41) is 0. The first kappa shape index (κ1) is 16.7. The third-order valence-corrected chi connectivity index (χ3v) is 1.27. The summed E-state index contributed by atoms with van der Waals surface area (Å²) in [4.78, 5) is 9.06. The van der Waals surface area contributed by atoms with E-state index in [1.54, 1.807) is 7.11 Å². The van der Waals surface area contributed by atoms with Crippen LogP contribution in [-0.2, 0) is 14.3 Å². The summed E-state index contributed by atoms with van der Waals surface area (Å²) in [5.74, 6) is 0. The van der Waals surface area contributed by atoms with Crippen molar-refractivity contribution in [3.63, 3.8) is 0 Å². The minimum absolute atomic E-state index is 0.285. The SMILES string of the molecule is C=CC=O.COCCCOCC(C)(C)C. The number of ether oxygens (including phenoxy) is 2. The second-order valence-electron chi connectivity index (χ2n) is 4.33. The van der Waals surface area contributed by atoms with Gasteiger partial charge in [-0.3, -0.25) is 4.79 Å². The Hall–Kier alpha value is -0.670. The van der Waals surface area contributed by atoms with E-state index in [1.807, 2.05) is 0 Å². The molecule has 0 atom stereocenters. The molecule has 15 heavy (non-hydrogen) atoms. The van der Waals surface area contributed by atoms with E-state index in [0.29, 0.717) is 6.29 Å². The molecule has 3 nitrogen and oxygen atoms in total. The van der Waals surface area contributed by atoms with Crippen LogP contribution >= 0.6 is 0 Å². The van der Waals surface area contributed by atoms with Crippen molar-refractivity contribution in [3.8, 4) is 0 Å². The van der Waals surface area contributed by atoms with Crippen molar-refractivity contribution < 1.29 is 14.3 Å². The lowest BCUT2D eigenvalue weighted by Crippen LogP contribution is -2.15. The van der Waals surface area contributed by atoms with Crippen LogP contribution in [0.25, 0.3) is 0 Å². The van der Waals surface area contributed by atoms with Gasteiger partial charge in [0.15, 0.2) is 0 Å². The van der Waals surface area contributed by atoms with E-state index in [9.17, 15) is 0 Å². The van der Waals surface area contributed by atoms with Crippen LogP contribution in [0.15, 0.2) is 12.7 Å². The Morgan fingerprint density at radius 2 is 1.80 bits per heavy atom. The highest BCUT2D eigenvalue weighted by Crippen LogP contribution is 2.12. The Bertz CT molecular complexity index is 141. The zero-order chi connectivity index (χ0) is 12.2. The van der Waals surface area contributed by atoms with Crippen molar-refractivity contribution in [2.45, 2.75) is 27.2 Å². The Kier molecular flexibility index (Phi) is 12.7. The first-order valence-corrected chi connectivity index (χ1v) is 5.11. The highest BCUT2D eigenvalue weighted by molar-refractivity contribution is 5.63. The number of rotatable bonds is 6. The van der Waals surface area contributed by atoms with Gasteiger partial charge in [-0.15, -0.1) is 0 Å². The predicted octanol–water partition coefficient (Wildman–Crippen LogP) is 2.46. The molecular weight excluding hydrogens is 192 g/mol. The minimum atomic E-state index is 0.285. The fourth-order valence-corrected chi connectivity index (χ4v) is 0.684. The monoisotopic (exact) mass is 216 g/mol. The largest absolute Gasteiger partial charge is 0.385 e. The molecule has 0 saturated heterocycles. The number of methoxy groups -OCH3 is 1. The Balaban J connectivity index is 0. The van der Waals surface area contributed by atoms with Gasteiger partial charge in [0.2, 0.25) is 0 Å². The molecule has 0 N–H and O–H groups in total. The lowest BCUT2D eigenvalue weighted by atomic mass is 9.99. The van der Waals surface area contributed by atoms with E-state index < -0.39 is 0 Å². The molecule has 0 rings (SSSR count). The number of allylic oxidation sites excluding steroid dienone is 1. The lowest BCUT2D eigenvalue weighted by Gasteiger charge is -2.17. The van der Waals surface area contributed by atoms with Crippen LogP contribution in [0.5, 0.6) is 0 Å². The minimum Gasteiger partial charge on any atom is -0.385 e. The van der Waals surface area contributed by atoms with Crippen molar-refractivity contribution in [1.29, 1.82) is 0 Å². The molecule has 0 aliphatic rings. The molecule has 0 amide bonds. The van der Waals surface area contributed by atoms with Gasteiger partial charge in [0, 0.05) is 20.3 Å². The molecule has 0 saturated carbocycles. The summed E-state index contributed by atoms with van der Waals surface area (Å²) in [6, 6.07) is 0. The fraction of sp³-hybridized carbons (Fsp3) is 0.750. The van der Waals surface area contributed by atoms with Crippen LogP contribution in [0.1, 0.15) is 27.2 Å². The van der Waals surface area contributed by atoms with Gasteiger partial charge < -0.3 is 9.47 Å². The van der Waals surface area contributed by atoms with Crippen LogP contribution in [0.3, 0.4) is 0 Å². The maximum Gasteiger partial charge on any atom is 0.142 e. The Morgan fingerprint density at radius 3 is 2.13 bits per heavy atom. The van der Waals surface area contributed by atoms with Crippen molar-refractivity contribution in [3.05, 3.63) is 12.7 Å². The van der Waals surface area contributed by atoms with E-state index in [-0.39, 0.29) is 5.41 Å². The highest BCUT2D eigenvalue weighted by Gasteiger charge is 2.08. The van der Waals surface area contributed by atoms with Crippen molar-refractivity contribution in [2.75, 3.05) is 26.9 Å². The molecule has 0 unspecified atom stereocenters. The van der Waals surface area contributed by atoms with E-state index in [0.717, 1.165) is 26.2 Å². The summed E-state index contributed by atoms with van der Waals surface area (Å²) in [5.41, 5.74) is 0.285. The van der Waals surface area contributed by atoms with Gasteiger partial charge in [-0.2, -0.15) is 0 Å².